The number of likely N-dealkylation sites (tertiary alicyclic amines) is 1. The van der Waals surface area contributed by atoms with Gasteiger partial charge in [0.1, 0.15) is 0 Å². The van der Waals surface area contributed by atoms with Gasteiger partial charge in [0.2, 0.25) is 0 Å². The molecule has 1 aromatic rings. The SMILES string of the molecule is O=C(NC1CCC(O)CC1)N1CCCC1c1ccncc1. The average molecular weight is 289 g/mol. The van der Waals surface area contributed by atoms with Crippen LogP contribution in [-0.2, 0) is 0 Å². The number of pyridine rings is 1. The van der Waals surface area contributed by atoms with Crippen molar-refractivity contribution in [2.45, 2.75) is 56.7 Å². The molecule has 2 heterocycles. The Morgan fingerprint density at radius 3 is 2.62 bits per heavy atom. The minimum Gasteiger partial charge on any atom is -0.393 e. The van der Waals surface area contributed by atoms with E-state index in [1.54, 1.807) is 12.4 Å². The summed E-state index contributed by atoms with van der Waals surface area (Å²) in [6.45, 7) is 0.814. The maximum atomic E-state index is 12.5. The van der Waals surface area contributed by atoms with Gasteiger partial charge in [-0.15, -0.1) is 0 Å². The van der Waals surface area contributed by atoms with E-state index in [1.807, 2.05) is 17.0 Å². The Balaban J connectivity index is 1.61. The first-order valence-electron chi connectivity index (χ1n) is 7.89. The molecule has 1 aromatic heterocycles. The molecule has 21 heavy (non-hydrogen) atoms. The Hall–Kier alpha value is -1.62. The van der Waals surface area contributed by atoms with Gasteiger partial charge in [0.15, 0.2) is 0 Å². The van der Waals surface area contributed by atoms with Crippen LogP contribution < -0.4 is 5.32 Å². The van der Waals surface area contributed by atoms with Crippen LogP contribution in [0.15, 0.2) is 24.5 Å². The van der Waals surface area contributed by atoms with E-state index in [4.69, 9.17) is 0 Å². The molecule has 2 amide bonds. The fourth-order valence-electron chi connectivity index (χ4n) is 3.42. The summed E-state index contributed by atoms with van der Waals surface area (Å²) in [5.74, 6) is 0. The second kappa shape index (κ2) is 6.43. The standard InChI is InChI=1S/C16H23N3O2/c20-14-5-3-13(4-6-14)18-16(21)19-11-1-2-15(19)12-7-9-17-10-8-12/h7-10,13-15,20H,1-6,11H2,(H,18,21). The molecular formula is C16H23N3O2. The summed E-state index contributed by atoms with van der Waals surface area (Å²) in [5.41, 5.74) is 1.16. The minimum atomic E-state index is -0.186. The fourth-order valence-corrected chi connectivity index (χ4v) is 3.42. The van der Waals surface area contributed by atoms with Crippen LogP contribution >= 0.6 is 0 Å². The Labute approximate surface area is 125 Å². The van der Waals surface area contributed by atoms with Crippen molar-refractivity contribution in [3.05, 3.63) is 30.1 Å². The van der Waals surface area contributed by atoms with Crippen LogP contribution in [0.2, 0.25) is 0 Å². The van der Waals surface area contributed by atoms with Crippen LogP contribution in [0.5, 0.6) is 0 Å². The number of carbonyl (C=O) groups excluding carboxylic acids is 1. The smallest absolute Gasteiger partial charge is 0.318 e. The summed E-state index contributed by atoms with van der Waals surface area (Å²) >= 11 is 0. The first-order chi connectivity index (χ1) is 10.2. The Morgan fingerprint density at radius 1 is 1.19 bits per heavy atom. The first kappa shape index (κ1) is 14.3. The lowest BCUT2D eigenvalue weighted by Crippen LogP contribution is -2.46. The van der Waals surface area contributed by atoms with E-state index >= 15 is 0 Å². The molecule has 1 saturated heterocycles. The number of aliphatic hydroxyl groups excluding tert-OH is 1. The van der Waals surface area contributed by atoms with Crippen LogP contribution in [0.3, 0.4) is 0 Å². The van der Waals surface area contributed by atoms with Gasteiger partial charge in [-0.3, -0.25) is 4.98 Å². The molecule has 1 aliphatic heterocycles. The molecule has 2 N–H and O–H groups in total. The number of urea groups is 1. The van der Waals surface area contributed by atoms with Gasteiger partial charge < -0.3 is 15.3 Å². The summed E-state index contributed by atoms with van der Waals surface area (Å²) in [6.07, 6.45) is 8.77. The number of carbonyl (C=O) groups is 1. The van der Waals surface area contributed by atoms with Gasteiger partial charge in [-0.2, -0.15) is 0 Å². The number of nitrogens with one attached hydrogen (secondary N) is 1. The summed E-state index contributed by atoms with van der Waals surface area (Å²) in [7, 11) is 0. The van der Waals surface area contributed by atoms with Gasteiger partial charge >= 0.3 is 6.03 Å². The number of nitrogens with zero attached hydrogens (tertiary/aromatic N) is 2. The number of hydrogen-bond donors (Lipinski definition) is 2. The maximum absolute atomic E-state index is 12.5. The summed E-state index contributed by atoms with van der Waals surface area (Å²) in [6, 6.07) is 4.40. The van der Waals surface area contributed by atoms with E-state index in [0.717, 1.165) is 50.6 Å². The fraction of sp³-hybridized carbons (Fsp3) is 0.625. The molecule has 1 saturated carbocycles. The predicted octanol–water partition coefficient (Wildman–Crippen LogP) is 2.23. The summed E-state index contributed by atoms with van der Waals surface area (Å²) < 4.78 is 0. The van der Waals surface area contributed by atoms with E-state index in [-0.39, 0.29) is 24.2 Å². The normalized spacial score (nSPS) is 29.4. The van der Waals surface area contributed by atoms with Gasteiger partial charge in [-0.25, -0.2) is 4.79 Å². The number of aromatic nitrogens is 1. The van der Waals surface area contributed by atoms with Crippen molar-refractivity contribution in [2.75, 3.05) is 6.54 Å². The van der Waals surface area contributed by atoms with Gasteiger partial charge in [0, 0.05) is 25.0 Å². The third-order valence-corrected chi connectivity index (χ3v) is 4.63. The lowest BCUT2D eigenvalue weighted by atomic mass is 9.93. The Bertz CT molecular complexity index is 472. The Kier molecular flexibility index (Phi) is 4.39. The minimum absolute atomic E-state index is 0.0377. The zero-order chi connectivity index (χ0) is 14.7. The number of amides is 2. The van der Waals surface area contributed by atoms with Gasteiger partial charge in [-0.05, 0) is 56.2 Å². The van der Waals surface area contributed by atoms with E-state index < -0.39 is 0 Å². The van der Waals surface area contributed by atoms with Crippen LogP contribution in [0, 0.1) is 0 Å². The number of rotatable bonds is 2. The second-order valence-corrected chi connectivity index (χ2v) is 6.09. The molecule has 0 bridgehead atoms. The molecule has 3 rings (SSSR count). The molecule has 5 heteroatoms. The highest BCUT2D eigenvalue weighted by Crippen LogP contribution is 2.31. The zero-order valence-corrected chi connectivity index (χ0v) is 12.2. The van der Waals surface area contributed by atoms with Crippen LogP contribution in [0.25, 0.3) is 0 Å². The average Bonchev–Trinajstić information content (AvgIpc) is 3.00. The monoisotopic (exact) mass is 289 g/mol. The van der Waals surface area contributed by atoms with Crippen molar-refractivity contribution in [1.29, 1.82) is 0 Å². The third-order valence-electron chi connectivity index (χ3n) is 4.63. The highest BCUT2D eigenvalue weighted by molar-refractivity contribution is 5.75. The highest BCUT2D eigenvalue weighted by atomic mass is 16.3. The van der Waals surface area contributed by atoms with E-state index in [9.17, 15) is 9.90 Å². The molecule has 1 atom stereocenters. The molecule has 1 unspecified atom stereocenters. The largest absolute Gasteiger partial charge is 0.393 e. The zero-order valence-electron chi connectivity index (χ0n) is 12.2. The van der Waals surface area contributed by atoms with E-state index in [0.29, 0.717) is 0 Å². The first-order valence-corrected chi connectivity index (χ1v) is 7.89. The molecule has 2 fully saturated rings. The molecule has 2 aliphatic rings. The lowest BCUT2D eigenvalue weighted by molar-refractivity contribution is 0.114. The van der Waals surface area contributed by atoms with Crippen molar-refractivity contribution in [1.82, 2.24) is 15.2 Å². The van der Waals surface area contributed by atoms with Crippen molar-refractivity contribution in [3.63, 3.8) is 0 Å². The van der Waals surface area contributed by atoms with Crippen molar-refractivity contribution in [3.8, 4) is 0 Å². The van der Waals surface area contributed by atoms with Crippen molar-refractivity contribution >= 4 is 6.03 Å². The number of aliphatic hydroxyl groups is 1. The molecule has 1 aliphatic carbocycles. The molecule has 0 spiro atoms. The van der Waals surface area contributed by atoms with Gasteiger partial charge in [0.05, 0.1) is 12.1 Å². The topological polar surface area (TPSA) is 65.5 Å². The summed E-state index contributed by atoms with van der Waals surface area (Å²) in [4.78, 5) is 18.5. The van der Waals surface area contributed by atoms with Crippen LogP contribution in [0.4, 0.5) is 4.79 Å². The molecule has 5 nitrogen and oxygen atoms in total. The van der Waals surface area contributed by atoms with Crippen LogP contribution in [0.1, 0.15) is 50.1 Å². The second-order valence-electron chi connectivity index (χ2n) is 6.09. The quantitative estimate of drug-likeness (QED) is 0.877. The molecular weight excluding hydrogens is 266 g/mol. The highest BCUT2D eigenvalue weighted by Gasteiger charge is 2.31. The van der Waals surface area contributed by atoms with Crippen LogP contribution in [-0.4, -0.2) is 39.7 Å². The Morgan fingerprint density at radius 2 is 1.90 bits per heavy atom. The van der Waals surface area contributed by atoms with Crippen molar-refractivity contribution < 1.29 is 9.90 Å². The van der Waals surface area contributed by atoms with Crippen molar-refractivity contribution in [2.24, 2.45) is 0 Å². The molecule has 114 valence electrons. The molecule has 0 radical (unpaired) electrons. The van der Waals surface area contributed by atoms with E-state index in [1.165, 1.54) is 0 Å². The maximum Gasteiger partial charge on any atom is 0.318 e. The third kappa shape index (κ3) is 3.35. The molecule has 0 aromatic carbocycles. The van der Waals surface area contributed by atoms with E-state index in [2.05, 4.69) is 10.3 Å². The van der Waals surface area contributed by atoms with Gasteiger partial charge in [-0.1, -0.05) is 0 Å². The lowest BCUT2D eigenvalue weighted by Gasteiger charge is -2.30. The van der Waals surface area contributed by atoms with Gasteiger partial charge in [0.25, 0.3) is 0 Å². The summed E-state index contributed by atoms with van der Waals surface area (Å²) in [5, 5.41) is 12.7. The number of hydrogen-bond acceptors (Lipinski definition) is 3. The predicted molar refractivity (Wildman–Crippen MR) is 79.7 cm³/mol.